The lowest BCUT2D eigenvalue weighted by Crippen LogP contribution is -2.41. The molecule has 138 valence electrons. The van der Waals surface area contributed by atoms with Crippen molar-refractivity contribution in [2.24, 2.45) is 0 Å². The summed E-state index contributed by atoms with van der Waals surface area (Å²) < 4.78 is 0. The van der Waals surface area contributed by atoms with Crippen LogP contribution in [0.3, 0.4) is 0 Å². The zero-order valence-corrected chi connectivity index (χ0v) is 15.8. The van der Waals surface area contributed by atoms with Crippen molar-refractivity contribution in [3.63, 3.8) is 0 Å². The van der Waals surface area contributed by atoms with Crippen LogP contribution in [0.15, 0.2) is 48.5 Å². The molecule has 3 N–H and O–H groups in total. The van der Waals surface area contributed by atoms with Crippen LogP contribution >= 0.6 is 11.6 Å². The number of halogens is 1. The number of carbonyl (C=O) groups is 2. The van der Waals surface area contributed by atoms with Crippen molar-refractivity contribution in [3.05, 3.63) is 64.7 Å². The molecule has 3 amide bonds. The van der Waals surface area contributed by atoms with Gasteiger partial charge in [0, 0.05) is 10.7 Å². The molecular weight excluding hydrogens is 350 g/mol. The van der Waals surface area contributed by atoms with Crippen LogP contribution in [-0.4, -0.2) is 18.5 Å². The molecule has 0 fully saturated rings. The van der Waals surface area contributed by atoms with Crippen molar-refractivity contribution < 1.29 is 9.59 Å². The van der Waals surface area contributed by atoms with E-state index in [0.29, 0.717) is 11.4 Å². The summed E-state index contributed by atoms with van der Waals surface area (Å²) in [6.45, 7) is 3.90. The van der Waals surface area contributed by atoms with Gasteiger partial charge in [0.1, 0.15) is 0 Å². The number of amides is 3. The molecule has 26 heavy (non-hydrogen) atoms. The van der Waals surface area contributed by atoms with Gasteiger partial charge < -0.3 is 16.0 Å². The van der Waals surface area contributed by atoms with Gasteiger partial charge in [-0.1, -0.05) is 55.8 Å². The molecule has 0 aliphatic carbocycles. The number of benzene rings is 2. The van der Waals surface area contributed by atoms with Gasteiger partial charge in [-0.2, -0.15) is 0 Å². The quantitative estimate of drug-likeness (QED) is 0.677. The number of aryl methyl sites for hydroxylation is 1. The van der Waals surface area contributed by atoms with E-state index in [-0.39, 0.29) is 18.5 Å². The van der Waals surface area contributed by atoms with Crippen molar-refractivity contribution in [3.8, 4) is 0 Å². The molecule has 5 nitrogen and oxygen atoms in total. The highest BCUT2D eigenvalue weighted by molar-refractivity contribution is 6.30. The number of anilines is 1. The SMILES string of the molecule is CCc1ccccc1NC(=O)CNC(=O)NC(CC)c1cccc(Cl)c1. The van der Waals surface area contributed by atoms with Crippen LogP contribution in [0.5, 0.6) is 0 Å². The topological polar surface area (TPSA) is 70.2 Å². The van der Waals surface area contributed by atoms with Crippen LogP contribution in [0.25, 0.3) is 0 Å². The van der Waals surface area contributed by atoms with Gasteiger partial charge in [0.15, 0.2) is 0 Å². The summed E-state index contributed by atoms with van der Waals surface area (Å²) in [5.74, 6) is -0.267. The standard InChI is InChI=1S/C20H24ClN3O2/c1-3-14-8-5-6-11-18(14)23-19(25)13-22-20(26)24-17(4-2)15-9-7-10-16(21)12-15/h5-12,17H,3-4,13H2,1-2H3,(H,23,25)(H2,22,24,26). The monoisotopic (exact) mass is 373 g/mol. The van der Waals surface area contributed by atoms with E-state index < -0.39 is 6.03 Å². The second-order valence-electron chi connectivity index (χ2n) is 5.90. The van der Waals surface area contributed by atoms with Crippen molar-refractivity contribution in [1.82, 2.24) is 10.6 Å². The van der Waals surface area contributed by atoms with Crippen LogP contribution in [-0.2, 0) is 11.2 Å². The summed E-state index contributed by atoms with van der Waals surface area (Å²) >= 11 is 6.01. The van der Waals surface area contributed by atoms with E-state index in [4.69, 9.17) is 11.6 Å². The Balaban J connectivity index is 1.86. The molecule has 0 heterocycles. The molecule has 2 aromatic rings. The lowest BCUT2D eigenvalue weighted by atomic mass is 10.1. The van der Waals surface area contributed by atoms with Gasteiger partial charge in [0.2, 0.25) is 5.91 Å². The van der Waals surface area contributed by atoms with E-state index >= 15 is 0 Å². The third-order valence-corrected chi connectivity index (χ3v) is 4.28. The van der Waals surface area contributed by atoms with E-state index in [0.717, 1.165) is 23.2 Å². The van der Waals surface area contributed by atoms with Crippen LogP contribution in [0.1, 0.15) is 37.4 Å². The van der Waals surface area contributed by atoms with Crippen LogP contribution in [0, 0.1) is 0 Å². The lowest BCUT2D eigenvalue weighted by molar-refractivity contribution is -0.115. The maximum Gasteiger partial charge on any atom is 0.315 e. The lowest BCUT2D eigenvalue weighted by Gasteiger charge is -2.18. The van der Waals surface area contributed by atoms with Gasteiger partial charge in [-0.3, -0.25) is 4.79 Å². The Labute approximate surface area is 159 Å². The molecule has 0 aliphatic heterocycles. The first kappa shape index (κ1) is 19.8. The predicted octanol–water partition coefficient (Wildman–Crippen LogP) is 4.29. The summed E-state index contributed by atoms with van der Waals surface area (Å²) in [5, 5.41) is 8.90. The molecule has 2 rings (SSSR count). The van der Waals surface area contributed by atoms with Crippen molar-refractivity contribution >= 4 is 29.2 Å². The van der Waals surface area contributed by atoms with Gasteiger partial charge in [0.05, 0.1) is 12.6 Å². The van der Waals surface area contributed by atoms with E-state index in [9.17, 15) is 9.59 Å². The van der Waals surface area contributed by atoms with Crippen LogP contribution < -0.4 is 16.0 Å². The predicted molar refractivity (Wildman–Crippen MR) is 105 cm³/mol. The number of para-hydroxylation sites is 1. The van der Waals surface area contributed by atoms with Crippen LogP contribution in [0.2, 0.25) is 5.02 Å². The molecule has 0 radical (unpaired) electrons. The number of hydrogen-bond donors (Lipinski definition) is 3. The normalized spacial score (nSPS) is 11.5. The molecule has 0 bridgehead atoms. The first-order chi connectivity index (χ1) is 12.5. The minimum Gasteiger partial charge on any atom is -0.331 e. The van der Waals surface area contributed by atoms with Gasteiger partial charge in [-0.15, -0.1) is 0 Å². The smallest absolute Gasteiger partial charge is 0.315 e. The maximum atomic E-state index is 12.1. The fourth-order valence-corrected chi connectivity index (χ4v) is 2.86. The largest absolute Gasteiger partial charge is 0.331 e. The van der Waals surface area contributed by atoms with E-state index in [1.807, 2.05) is 56.3 Å². The molecule has 0 aliphatic rings. The number of rotatable bonds is 7. The minimum atomic E-state index is -0.393. The fraction of sp³-hybridized carbons (Fsp3) is 0.300. The summed E-state index contributed by atoms with van der Waals surface area (Å²) in [6, 6.07) is 14.4. The Hall–Kier alpha value is -2.53. The number of carbonyl (C=O) groups excluding carboxylic acids is 2. The average Bonchev–Trinajstić information content (AvgIpc) is 2.65. The molecule has 0 saturated heterocycles. The van der Waals surface area contributed by atoms with Gasteiger partial charge in [-0.25, -0.2) is 4.79 Å². The Morgan fingerprint density at radius 3 is 2.54 bits per heavy atom. The number of hydrogen-bond acceptors (Lipinski definition) is 2. The zero-order valence-electron chi connectivity index (χ0n) is 15.0. The van der Waals surface area contributed by atoms with E-state index in [1.165, 1.54) is 0 Å². The number of nitrogens with one attached hydrogen (secondary N) is 3. The highest BCUT2D eigenvalue weighted by Crippen LogP contribution is 2.20. The van der Waals surface area contributed by atoms with E-state index in [1.54, 1.807) is 6.07 Å². The molecule has 0 spiro atoms. The Morgan fingerprint density at radius 2 is 1.85 bits per heavy atom. The minimum absolute atomic E-state index is 0.101. The maximum absolute atomic E-state index is 12.1. The summed E-state index contributed by atoms with van der Waals surface area (Å²) in [4.78, 5) is 24.2. The molecule has 1 unspecified atom stereocenters. The Kier molecular flexibility index (Phi) is 7.48. The second-order valence-corrected chi connectivity index (χ2v) is 6.34. The molecular formula is C20H24ClN3O2. The third kappa shape index (κ3) is 5.77. The first-order valence-electron chi connectivity index (χ1n) is 8.71. The molecule has 6 heteroatoms. The fourth-order valence-electron chi connectivity index (χ4n) is 2.66. The Morgan fingerprint density at radius 1 is 1.08 bits per heavy atom. The van der Waals surface area contributed by atoms with Gasteiger partial charge in [-0.05, 0) is 42.2 Å². The summed E-state index contributed by atoms with van der Waals surface area (Å²) in [5.41, 5.74) is 2.75. The molecule has 2 aromatic carbocycles. The highest BCUT2D eigenvalue weighted by Gasteiger charge is 2.14. The highest BCUT2D eigenvalue weighted by atomic mass is 35.5. The average molecular weight is 374 g/mol. The first-order valence-corrected chi connectivity index (χ1v) is 9.08. The van der Waals surface area contributed by atoms with Gasteiger partial charge in [0.25, 0.3) is 0 Å². The van der Waals surface area contributed by atoms with Crippen molar-refractivity contribution in [1.29, 1.82) is 0 Å². The Bertz CT molecular complexity index is 764. The summed E-state index contributed by atoms with van der Waals surface area (Å²) in [6.07, 6.45) is 1.53. The molecule has 0 saturated carbocycles. The second kappa shape index (κ2) is 9.82. The zero-order chi connectivity index (χ0) is 18.9. The summed E-state index contributed by atoms with van der Waals surface area (Å²) in [7, 11) is 0. The van der Waals surface area contributed by atoms with Gasteiger partial charge >= 0.3 is 6.03 Å². The van der Waals surface area contributed by atoms with Crippen molar-refractivity contribution in [2.45, 2.75) is 32.7 Å². The van der Waals surface area contributed by atoms with Crippen LogP contribution in [0.4, 0.5) is 10.5 Å². The van der Waals surface area contributed by atoms with E-state index in [2.05, 4.69) is 16.0 Å². The molecule has 0 aromatic heterocycles. The van der Waals surface area contributed by atoms with Crippen molar-refractivity contribution in [2.75, 3.05) is 11.9 Å². The molecule has 1 atom stereocenters. The number of urea groups is 1. The third-order valence-electron chi connectivity index (χ3n) is 4.05.